The molecule has 0 saturated carbocycles. The second-order valence-corrected chi connectivity index (χ2v) is 7.23. The number of amides is 2. The highest BCUT2D eigenvalue weighted by Crippen LogP contribution is 2.30. The van der Waals surface area contributed by atoms with Crippen molar-refractivity contribution in [2.45, 2.75) is 39.5 Å². The Hall–Kier alpha value is -2.50. The molecule has 1 aliphatic heterocycles. The standard InChI is InChI=1S/C21H28N2O4/c1-4-6-19(24)22-12-15-7-5-10-23(13-15)21(25)20-14(2)17-11-16(26-3)8-9-18(17)27-20/h8-9,11,15H,4-7,10,12-13H2,1-3H3,(H,22,24)/t15-/m0/s1. The van der Waals surface area contributed by atoms with E-state index in [2.05, 4.69) is 5.32 Å². The Labute approximate surface area is 159 Å². The number of benzene rings is 1. The van der Waals surface area contributed by atoms with Gasteiger partial charge in [-0.15, -0.1) is 0 Å². The van der Waals surface area contributed by atoms with Gasteiger partial charge in [-0.1, -0.05) is 6.92 Å². The summed E-state index contributed by atoms with van der Waals surface area (Å²) in [5.74, 6) is 1.43. The summed E-state index contributed by atoms with van der Waals surface area (Å²) in [5.41, 5.74) is 1.53. The molecule has 1 atom stereocenters. The third kappa shape index (κ3) is 4.26. The van der Waals surface area contributed by atoms with Gasteiger partial charge in [-0.2, -0.15) is 0 Å². The predicted octanol–water partition coefficient (Wildman–Crippen LogP) is 3.52. The third-order valence-corrected chi connectivity index (χ3v) is 5.21. The molecular formula is C21H28N2O4. The Balaban J connectivity index is 1.70. The second kappa shape index (κ2) is 8.46. The van der Waals surface area contributed by atoms with Gasteiger partial charge < -0.3 is 19.4 Å². The van der Waals surface area contributed by atoms with E-state index in [0.29, 0.717) is 30.9 Å². The van der Waals surface area contributed by atoms with Gasteiger partial charge in [0.2, 0.25) is 5.91 Å². The van der Waals surface area contributed by atoms with Crippen molar-refractivity contribution in [2.24, 2.45) is 5.92 Å². The Morgan fingerprint density at radius 2 is 2.19 bits per heavy atom. The lowest BCUT2D eigenvalue weighted by atomic mass is 9.97. The molecule has 6 nitrogen and oxygen atoms in total. The molecule has 6 heteroatoms. The zero-order chi connectivity index (χ0) is 19.4. The van der Waals surface area contributed by atoms with Crippen molar-refractivity contribution in [3.63, 3.8) is 0 Å². The van der Waals surface area contributed by atoms with E-state index in [9.17, 15) is 9.59 Å². The van der Waals surface area contributed by atoms with E-state index in [1.54, 1.807) is 7.11 Å². The zero-order valence-electron chi connectivity index (χ0n) is 16.3. The van der Waals surface area contributed by atoms with Gasteiger partial charge in [-0.25, -0.2) is 0 Å². The lowest BCUT2D eigenvalue weighted by Gasteiger charge is -2.32. The Morgan fingerprint density at radius 3 is 2.93 bits per heavy atom. The maximum Gasteiger partial charge on any atom is 0.289 e. The molecule has 0 unspecified atom stereocenters. The first-order valence-corrected chi connectivity index (χ1v) is 9.66. The third-order valence-electron chi connectivity index (χ3n) is 5.21. The average molecular weight is 372 g/mol. The fraction of sp³-hybridized carbons (Fsp3) is 0.524. The maximum atomic E-state index is 13.0. The number of hydrogen-bond donors (Lipinski definition) is 1. The first-order chi connectivity index (χ1) is 13.0. The summed E-state index contributed by atoms with van der Waals surface area (Å²) in [4.78, 5) is 26.6. The number of furan rings is 1. The number of ether oxygens (including phenoxy) is 1. The average Bonchev–Trinajstić information content (AvgIpc) is 3.02. The van der Waals surface area contributed by atoms with Crippen molar-refractivity contribution in [3.05, 3.63) is 29.5 Å². The number of fused-ring (bicyclic) bond motifs is 1. The molecule has 1 fully saturated rings. The number of hydrogen-bond acceptors (Lipinski definition) is 4. The topological polar surface area (TPSA) is 71.8 Å². The lowest BCUT2D eigenvalue weighted by Crippen LogP contribution is -2.43. The molecule has 2 aromatic rings. The Morgan fingerprint density at radius 1 is 1.37 bits per heavy atom. The van der Waals surface area contributed by atoms with Gasteiger partial charge in [0.25, 0.3) is 5.91 Å². The van der Waals surface area contributed by atoms with Gasteiger partial charge in [0.15, 0.2) is 5.76 Å². The van der Waals surface area contributed by atoms with Gasteiger partial charge in [-0.05, 0) is 50.3 Å². The van der Waals surface area contributed by atoms with Crippen molar-refractivity contribution >= 4 is 22.8 Å². The van der Waals surface area contributed by atoms with Gasteiger partial charge in [-0.3, -0.25) is 9.59 Å². The summed E-state index contributed by atoms with van der Waals surface area (Å²) in [6, 6.07) is 5.56. The van der Waals surface area contributed by atoms with Crippen LogP contribution in [0.15, 0.2) is 22.6 Å². The number of likely N-dealkylation sites (tertiary alicyclic amines) is 1. The largest absolute Gasteiger partial charge is 0.497 e. The molecule has 0 radical (unpaired) electrons. The zero-order valence-corrected chi connectivity index (χ0v) is 16.3. The van der Waals surface area contributed by atoms with E-state index in [-0.39, 0.29) is 17.7 Å². The van der Waals surface area contributed by atoms with Crippen molar-refractivity contribution in [1.29, 1.82) is 0 Å². The molecule has 0 spiro atoms. The summed E-state index contributed by atoms with van der Waals surface area (Å²) < 4.78 is 11.1. The van der Waals surface area contributed by atoms with Crippen LogP contribution in [0.1, 0.15) is 48.7 Å². The molecule has 1 saturated heterocycles. The normalized spacial score (nSPS) is 17.1. The summed E-state index contributed by atoms with van der Waals surface area (Å²) in [7, 11) is 1.62. The molecular weight excluding hydrogens is 344 g/mol. The molecule has 2 heterocycles. The predicted molar refractivity (Wildman–Crippen MR) is 104 cm³/mol. The highest BCUT2D eigenvalue weighted by molar-refractivity contribution is 5.99. The first kappa shape index (κ1) is 19.3. The summed E-state index contributed by atoms with van der Waals surface area (Å²) in [5, 5.41) is 3.88. The number of rotatable bonds is 6. The molecule has 27 heavy (non-hydrogen) atoms. The van der Waals surface area contributed by atoms with Crippen LogP contribution >= 0.6 is 0 Å². The number of aryl methyl sites for hydroxylation is 1. The highest BCUT2D eigenvalue weighted by Gasteiger charge is 2.28. The molecule has 1 aromatic heterocycles. The van der Waals surface area contributed by atoms with Crippen LogP contribution in [0.3, 0.4) is 0 Å². The maximum absolute atomic E-state index is 13.0. The summed E-state index contributed by atoms with van der Waals surface area (Å²) in [6.45, 7) is 5.89. The monoisotopic (exact) mass is 372 g/mol. The number of nitrogens with one attached hydrogen (secondary N) is 1. The first-order valence-electron chi connectivity index (χ1n) is 9.66. The van der Waals surface area contributed by atoms with Crippen LogP contribution in [0.25, 0.3) is 11.0 Å². The van der Waals surface area contributed by atoms with Gasteiger partial charge >= 0.3 is 0 Å². The fourth-order valence-electron chi connectivity index (χ4n) is 3.66. The number of piperidine rings is 1. The number of carbonyl (C=O) groups is 2. The van der Waals surface area contributed by atoms with Gasteiger partial charge in [0.1, 0.15) is 11.3 Å². The lowest BCUT2D eigenvalue weighted by molar-refractivity contribution is -0.121. The van der Waals surface area contributed by atoms with Crippen molar-refractivity contribution < 1.29 is 18.7 Å². The van der Waals surface area contributed by atoms with Crippen LogP contribution < -0.4 is 10.1 Å². The fourth-order valence-corrected chi connectivity index (χ4v) is 3.66. The number of nitrogens with zero attached hydrogens (tertiary/aromatic N) is 1. The van der Waals surface area contributed by atoms with E-state index < -0.39 is 0 Å². The van der Waals surface area contributed by atoms with E-state index in [1.165, 1.54) is 0 Å². The van der Waals surface area contributed by atoms with Crippen LogP contribution in [0.5, 0.6) is 5.75 Å². The molecule has 3 rings (SSSR count). The molecule has 1 aliphatic rings. The van der Waals surface area contributed by atoms with Crippen molar-refractivity contribution in [2.75, 3.05) is 26.7 Å². The molecule has 0 aliphatic carbocycles. The van der Waals surface area contributed by atoms with Crippen LogP contribution in [0, 0.1) is 12.8 Å². The van der Waals surface area contributed by atoms with E-state index in [1.807, 2.05) is 36.9 Å². The van der Waals surface area contributed by atoms with Crippen molar-refractivity contribution in [3.8, 4) is 5.75 Å². The summed E-state index contributed by atoms with van der Waals surface area (Å²) >= 11 is 0. The quantitative estimate of drug-likeness (QED) is 0.842. The molecule has 1 aromatic carbocycles. The molecule has 2 amide bonds. The smallest absolute Gasteiger partial charge is 0.289 e. The minimum Gasteiger partial charge on any atom is -0.497 e. The number of methoxy groups -OCH3 is 1. The minimum atomic E-state index is -0.0766. The Bertz CT molecular complexity index is 827. The van der Waals surface area contributed by atoms with Crippen LogP contribution in [-0.4, -0.2) is 43.5 Å². The van der Waals surface area contributed by atoms with E-state index in [0.717, 1.165) is 42.5 Å². The Kier molecular flexibility index (Phi) is 6.04. The van der Waals surface area contributed by atoms with E-state index in [4.69, 9.17) is 9.15 Å². The van der Waals surface area contributed by atoms with Crippen LogP contribution in [-0.2, 0) is 4.79 Å². The van der Waals surface area contributed by atoms with Gasteiger partial charge in [0, 0.05) is 37.0 Å². The van der Waals surface area contributed by atoms with Crippen molar-refractivity contribution in [1.82, 2.24) is 10.2 Å². The number of carbonyl (C=O) groups excluding carboxylic acids is 2. The van der Waals surface area contributed by atoms with Crippen LogP contribution in [0.2, 0.25) is 0 Å². The molecule has 1 N–H and O–H groups in total. The molecule has 146 valence electrons. The SMILES string of the molecule is CCCC(=O)NC[C@@H]1CCCN(C(=O)c2oc3ccc(OC)cc3c2C)C1. The van der Waals surface area contributed by atoms with Gasteiger partial charge in [0.05, 0.1) is 7.11 Å². The highest BCUT2D eigenvalue weighted by atomic mass is 16.5. The summed E-state index contributed by atoms with van der Waals surface area (Å²) in [6.07, 6.45) is 3.36. The second-order valence-electron chi connectivity index (χ2n) is 7.23. The molecule has 0 bridgehead atoms. The van der Waals surface area contributed by atoms with E-state index >= 15 is 0 Å². The van der Waals surface area contributed by atoms with Crippen LogP contribution in [0.4, 0.5) is 0 Å². The minimum absolute atomic E-state index is 0.0766.